The van der Waals surface area contributed by atoms with Crippen LogP contribution in [-0.2, 0) is 4.79 Å². The summed E-state index contributed by atoms with van der Waals surface area (Å²) in [5.41, 5.74) is 2.68. The highest BCUT2D eigenvalue weighted by molar-refractivity contribution is 6.20. The molecule has 34 heavy (non-hydrogen) atoms. The van der Waals surface area contributed by atoms with Crippen LogP contribution in [-0.4, -0.2) is 23.4 Å². The minimum absolute atomic E-state index is 0.0137. The van der Waals surface area contributed by atoms with Crippen LogP contribution in [0.4, 0.5) is 5.69 Å². The number of hydrogen-bond donors (Lipinski definition) is 1. The molecule has 1 atom stereocenters. The Hall–Kier alpha value is -4.32. The van der Waals surface area contributed by atoms with Crippen LogP contribution in [0.2, 0.25) is 0 Å². The summed E-state index contributed by atoms with van der Waals surface area (Å²) in [7, 11) is 0. The van der Waals surface area contributed by atoms with Crippen LogP contribution in [0.25, 0.3) is 11.0 Å². The minimum Gasteiger partial charge on any atom is -0.503 e. The topological polar surface area (TPSA) is 80.0 Å². The summed E-state index contributed by atoms with van der Waals surface area (Å²) >= 11 is 0. The van der Waals surface area contributed by atoms with Crippen molar-refractivity contribution in [2.75, 3.05) is 11.5 Å². The van der Waals surface area contributed by atoms with Crippen molar-refractivity contribution in [2.45, 2.75) is 19.9 Å². The first kappa shape index (κ1) is 21.5. The Labute approximate surface area is 196 Å². The van der Waals surface area contributed by atoms with Crippen LogP contribution in [0.15, 0.2) is 94.6 Å². The van der Waals surface area contributed by atoms with E-state index in [0.717, 1.165) is 16.5 Å². The number of hydrogen-bond acceptors (Lipinski definition) is 5. The number of aliphatic hydroxyl groups is 1. The van der Waals surface area contributed by atoms with Crippen LogP contribution in [0.5, 0.6) is 5.75 Å². The first-order chi connectivity index (χ1) is 16.5. The second-order valence-corrected chi connectivity index (χ2v) is 8.10. The molecule has 1 aliphatic rings. The van der Waals surface area contributed by atoms with Crippen LogP contribution < -0.4 is 9.64 Å². The van der Waals surface area contributed by atoms with E-state index >= 15 is 0 Å². The molecule has 1 aliphatic heterocycles. The lowest BCUT2D eigenvalue weighted by Crippen LogP contribution is -2.31. The molecule has 0 saturated carbocycles. The number of amides is 1. The van der Waals surface area contributed by atoms with Gasteiger partial charge in [0, 0.05) is 17.1 Å². The molecule has 1 N–H and O–H groups in total. The zero-order chi connectivity index (χ0) is 23.8. The molecular formula is C28H23NO5. The normalized spacial score (nSPS) is 15.9. The van der Waals surface area contributed by atoms with Crippen LogP contribution >= 0.6 is 0 Å². The standard InChI is InChI=1S/C28H23NO5/c1-3-33-20-12-8-11-19(16-20)29-25(21-13-6-4-9-17(21)2)24(27(31)28(29)32)26(30)23-15-18-10-5-7-14-22(18)34-23/h4-16,25,31H,3H2,1-2H3. The second kappa shape index (κ2) is 8.56. The van der Waals surface area contributed by atoms with Crippen LogP contribution in [0.3, 0.4) is 0 Å². The van der Waals surface area contributed by atoms with Crippen molar-refractivity contribution in [1.29, 1.82) is 0 Å². The first-order valence-corrected chi connectivity index (χ1v) is 11.1. The number of furan rings is 1. The Morgan fingerprint density at radius 3 is 2.56 bits per heavy atom. The van der Waals surface area contributed by atoms with Gasteiger partial charge in [-0.25, -0.2) is 0 Å². The monoisotopic (exact) mass is 453 g/mol. The van der Waals surface area contributed by atoms with Crippen molar-refractivity contribution in [2.24, 2.45) is 0 Å². The molecule has 0 bridgehead atoms. The Kier molecular flexibility index (Phi) is 5.42. The van der Waals surface area contributed by atoms with E-state index in [-0.39, 0.29) is 11.3 Å². The Morgan fingerprint density at radius 2 is 1.79 bits per heavy atom. The molecule has 6 heteroatoms. The quantitative estimate of drug-likeness (QED) is 0.367. The molecule has 5 rings (SSSR count). The van der Waals surface area contributed by atoms with Crippen molar-refractivity contribution in [1.82, 2.24) is 0 Å². The fourth-order valence-electron chi connectivity index (χ4n) is 4.41. The third-order valence-corrected chi connectivity index (χ3v) is 5.99. The Balaban J connectivity index is 1.66. The van der Waals surface area contributed by atoms with E-state index in [9.17, 15) is 14.7 Å². The van der Waals surface area contributed by atoms with E-state index in [0.29, 0.717) is 23.6 Å². The van der Waals surface area contributed by atoms with E-state index < -0.39 is 23.5 Å². The number of para-hydroxylation sites is 1. The van der Waals surface area contributed by atoms with E-state index in [2.05, 4.69) is 0 Å². The van der Waals surface area contributed by atoms with E-state index in [1.807, 2.05) is 56.3 Å². The maximum absolute atomic E-state index is 13.7. The Morgan fingerprint density at radius 1 is 1.03 bits per heavy atom. The van der Waals surface area contributed by atoms with Gasteiger partial charge in [-0.1, -0.05) is 48.5 Å². The van der Waals surface area contributed by atoms with E-state index in [4.69, 9.17) is 9.15 Å². The number of ether oxygens (including phenoxy) is 1. The average Bonchev–Trinajstić information content (AvgIpc) is 3.39. The third-order valence-electron chi connectivity index (χ3n) is 5.99. The predicted molar refractivity (Wildman–Crippen MR) is 129 cm³/mol. The van der Waals surface area contributed by atoms with Gasteiger partial charge in [0.1, 0.15) is 11.3 Å². The van der Waals surface area contributed by atoms with Gasteiger partial charge >= 0.3 is 0 Å². The number of carbonyl (C=O) groups excluding carboxylic acids is 2. The van der Waals surface area contributed by atoms with Crippen molar-refractivity contribution in [3.8, 4) is 5.75 Å². The van der Waals surface area contributed by atoms with Gasteiger partial charge in [-0.2, -0.15) is 0 Å². The summed E-state index contributed by atoms with van der Waals surface area (Å²) in [4.78, 5) is 28.5. The van der Waals surface area contributed by atoms with Gasteiger partial charge in [0.15, 0.2) is 11.5 Å². The maximum Gasteiger partial charge on any atom is 0.294 e. The number of ketones is 1. The van der Waals surface area contributed by atoms with Crippen molar-refractivity contribution >= 4 is 28.3 Å². The summed E-state index contributed by atoms with van der Waals surface area (Å²) in [5.74, 6) is -1.10. The van der Waals surface area contributed by atoms with Gasteiger partial charge < -0.3 is 14.3 Å². The zero-order valence-corrected chi connectivity index (χ0v) is 18.8. The number of nitrogens with zero attached hydrogens (tertiary/aromatic N) is 1. The molecule has 1 unspecified atom stereocenters. The number of aliphatic hydroxyl groups excluding tert-OH is 1. The number of benzene rings is 3. The maximum atomic E-state index is 13.7. The molecule has 0 fully saturated rings. The van der Waals surface area contributed by atoms with E-state index in [1.54, 1.807) is 36.4 Å². The van der Waals surface area contributed by atoms with Crippen LogP contribution in [0.1, 0.15) is 34.6 Å². The summed E-state index contributed by atoms with van der Waals surface area (Å²) in [6.45, 7) is 4.26. The molecule has 0 spiro atoms. The molecule has 2 heterocycles. The van der Waals surface area contributed by atoms with Gasteiger partial charge in [0.25, 0.3) is 5.91 Å². The summed E-state index contributed by atoms with van der Waals surface area (Å²) in [5, 5.41) is 11.8. The molecule has 4 aromatic rings. The fraction of sp³-hybridized carbons (Fsp3) is 0.143. The molecule has 1 aromatic heterocycles. The van der Waals surface area contributed by atoms with Gasteiger partial charge in [-0.3, -0.25) is 14.5 Å². The summed E-state index contributed by atoms with van der Waals surface area (Å²) in [6, 6.07) is 22.7. The number of rotatable bonds is 6. The molecule has 0 saturated heterocycles. The zero-order valence-electron chi connectivity index (χ0n) is 18.8. The number of Topliss-reactive ketones (excluding diaryl/α,β-unsaturated/α-hetero) is 1. The molecule has 1 amide bonds. The molecular weight excluding hydrogens is 430 g/mol. The predicted octanol–water partition coefficient (Wildman–Crippen LogP) is 5.92. The third kappa shape index (κ3) is 3.53. The average molecular weight is 453 g/mol. The largest absolute Gasteiger partial charge is 0.503 e. The lowest BCUT2D eigenvalue weighted by molar-refractivity contribution is -0.117. The Bertz CT molecular complexity index is 1410. The number of carbonyl (C=O) groups is 2. The fourth-order valence-corrected chi connectivity index (χ4v) is 4.41. The first-order valence-electron chi connectivity index (χ1n) is 11.1. The lowest BCUT2D eigenvalue weighted by Gasteiger charge is -2.28. The smallest absolute Gasteiger partial charge is 0.294 e. The van der Waals surface area contributed by atoms with Gasteiger partial charge in [0.05, 0.1) is 18.2 Å². The van der Waals surface area contributed by atoms with Crippen molar-refractivity contribution in [3.63, 3.8) is 0 Å². The molecule has 3 aromatic carbocycles. The SMILES string of the molecule is CCOc1cccc(N2C(=O)C(O)=C(C(=O)c3cc4ccccc4o3)C2c2ccccc2C)c1. The highest BCUT2D eigenvalue weighted by Gasteiger charge is 2.45. The molecule has 0 aliphatic carbocycles. The highest BCUT2D eigenvalue weighted by atomic mass is 16.5. The van der Waals surface area contributed by atoms with Gasteiger partial charge in [-0.05, 0) is 49.2 Å². The lowest BCUT2D eigenvalue weighted by atomic mass is 9.92. The second-order valence-electron chi connectivity index (χ2n) is 8.10. The molecule has 6 nitrogen and oxygen atoms in total. The number of fused-ring (bicyclic) bond motifs is 1. The van der Waals surface area contributed by atoms with Crippen molar-refractivity contribution in [3.05, 3.63) is 107 Å². The molecule has 0 radical (unpaired) electrons. The van der Waals surface area contributed by atoms with Gasteiger partial charge in [-0.15, -0.1) is 0 Å². The van der Waals surface area contributed by atoms with Gasteiger partial charge in [0.2, 0.25) is 5.78 Å². The molecule has 170 valence electrons. The van der Waals surface area contributed by atoms with E-state index in [1.165, 1.54) is 4.90 Å². The van der Waals surface area contributed by atoms with Crippen molar-refractivity contribution < 1.29 is 23.8 Å². The number of aryl methyl sites for hydroxylation is 1. The summed E-state index contributed by atoms with van der Waals surface area (Å²) in [6.07, 6.45) is 0. The minimum atomic E-state index is -0.828. The summed E-state index contributed by atoms with van der Waals surface area (Å²) < 4.78 is 11.4. The highest BCUT2D eigenvalue weighted by Crippen LogP contribution is 2.43. The van der Waals surface area contributed by atoms with Crippen LogP contribution in [0, 0.1) is 6.92 Å². The number of anilines is 1.